The topological polar surface area (TPSA) is 56.8 Å². The zero-order valence-corrected chi connectivity index (χ0v) is 19.5. The Morgan fingerprint density at radius 3 is 2.50 bits per heavy atom. The van der Waals surface area contributed by atoms with Gasteiger partial charge in [0.1, 0.15) is 17.6 Å². The molecule has 0 bridgehead atoms. The van der Waals surface area contributed by atoms with Gasteiger partial charge in [0, 0.05) is 5.92 Å². The molecule has 3 aromatic rings. The first kappa shape index (κ1) is 22.3. The lowest BCUT2D eigenvalue weighted by atomic mass is 9.69. The lowest BCUT2D eigenvalue weighted by molar-refractivity contribution is 0.131. The van der Waals surface area contributed by atoms with Gasteiger partial charge in [0.15, 0.2) is 0 Å². The molecule has 2 aliphatic rings. The van der Waals surface area contributed by atoms with Crippen LogP contribution in [-0.4, -0.2) is 32.5 Å². The lowest BCUT2D eigenvalue weighted by Crippen LogP contribution is -2.20. The first-order valence-corrected chi connectivity index (χ1v) is 12.1. The molecule has 0 aromatic heterocycles. The maximum atomic E-state index is 11.1. The molecule has 5 rings (SSSR count). The summed E-state index contributed by atoms with van der Waals surface area (Å²) in [6, 6.07) is 25.9. The van der Waals surface area contributed by atoms with Gasteiger partial charge < -0.3 is 19.5 Å². The number of methoxy groups -OCH3 is 1. The number of cyclic esters (lactones) is 1. The van der Waals surface area contributed by atoms with Gasteiger partial charge in [-0.2, -0.15) is 0 Å². The van der Waals surface area contributed by atoms with Crippen molar-refractivity contribution in [1.29, 1.82) is 0 Å². The van der Waals surface area contributed by atoms with Crippen LogP contribution in [0.25, 0.3) is 0 Å². The van der Waals surface area contributed by atoms with Crippen molar-refractivity contribution in [2.24, 2.45) is 0 Å². The third-order valence-electron chi connectivity index (χ3n) is 6.97. The van der Waals surface area contributed by atoms with E-state index >= 15 is 0 Å². The van der Waals surface area contributed by atoms with Gasteiger partial charge in [-0.25, -0.2) is 4.79 Å². The summed E-state index contributed by atoms with van der Waals surface area (Å²) in [5.41, 5.74) is 5.45. The summed E-state index contributed by atoms with van der Waals surface area (Å²) < 4.78 is 16.6. The number of ether oxygens (including phenoxy) is 3. The van der Waals surface area contributed by atoms with Crippen molar-refractivity contribution >= 4 is 6.09 Å². The molecule has 0 spiro atoms. The molecule has 1 aliphatic heterocycles. The van der Waals surface area contributed by atoms with E-state index in [0.717, 1.165) is 37.2 Å². The highest BCUT2D eigenvalue weighted by Gasteiger charge is 2.32. The summed E-state index contributed by atoms with van der Waals surface area (Å²) in [5.74, 6) is 2.50. The molecule has 1 heterocycles. The zero-order valence-electron chi connectivity index (χ0n) is 19.5. The molecule has 5 nitrogen and oxygen atoms in total. The van der Waals surface area contributed by atoms with E-state index in [-0.39, 0.29) is 18.1 Å². The number of rotatable bonds is 8. The van der Waals surface area contributed by atoms with Gasteiger partial charge >= 0.3 is 6.09 Å². The van der Waals surface area contributed by atoms with Crippen LogP contribution in [0.5, 0.6) is 11.5 Å². The second-order valence-corrected chi connectivity index (χ2v) is 9.07. The lowest BCUT2D eigenvalue weighted by Gasteiger charge is -2.35. The fourth-order valence-corrected chi connectivity index (χ4v) is 5.26. The fourth-order valence-electron chi connectivity index (χ4n) is 5.26. The minimum atomic E-state index is -0.321. The van der Waals surface area contributed by atoms with Gasteiger partial charge in [-0.3, -0.25) is 0 Å². The van der Waals surface area contributed by atoms with Crippen LogP contribution in [0.15, 0.2) is 72.8 Å². The SMILES string of the molecule is COc1ccc2c(c1)CC[C@H](c1ccccc1)[C@@H]2c1ccc(OCCCC2CNC(=O)O2)cc1. The van der Waals surface area contributed by atoms with Crippen molar-refractivity contribution in [2.45, 2.75) is 43.6 Å². The third kappa shape index (κ3) is 4.89. The molecule has 3 aromatic carbocycles. The highest BCUT2D eigenvalue weighted by molar-refractivity contribution is 5.69. The quantitative estimate of drug-likeness (QED) is 0.433. The smallest absolute Gasteiger partial charge is 0.407 e. The van der Waals surface area contributed by atoms with Gasteiger partial charge in [-0.1, -0.05) is 48.5 Å². The summed E-state index contributed by atoms with van der Waals surface area (Å²) in [6.45, 7) is 1.19. The van der Waals surface area contributed by atoms with E-state index in [4.69, 9.17) is 14.2 Å². The Kier molecular flexibility index (Phi) is 6.70. The molecule has 1 N–H and O–H groups in total. The van der Waals surface area contributed by atoms with Crippen molar-refractivity contribution in [3.8, 4) is 11.5 Å². The van der Waals surface area contributed by atoms with E-state index < -0.39 is 0 Å². The van der Waals surface area contributed by atoms with Gasteiger partial charge in [-0.15, -0.1) is 0 Å². The summed E-state index contributed by atoms with van der Waals surface area (Å²) in [7, 11) is 1.73. The molecule has 3 atom stereocenters. The number of nitrogens with one attached hydrogen (secondary N) is 1. The maximum absolute atomic E-state index is 11.1. The highest BCUT2D eigenvalue weighted by atomic mass is 16.6. The Labute approximate surface area is 201 Å². The monoisotopic (exact) mass is 457 g/mol. The Balaban J connectivity index is 1.32. The maximum Gasteiger partial charge on any atom is 0.407 e. The van der Waals surface area contributed by atoms with Crippen molar-refractivity contribution in [1.82, 2.24) is 5.32 Å². The van der Waals surface area contributed by atoms with Crippen LogP contribution >= 0.6 is 0 Å². The van der Waals surface area contributed by atoms with Crippen molar-refractivity contribution in [3.05, 3.63) is 95.1 Å². The Bertz CT molecular complexity index is 1110. The first-order chi connectivity index (χ1) is 16.7. The molecule has 176 valence electrons. The molecule has 1 saturated heterocycles. The number of fused-ring (bicyclic) bond motifs is 1. The zero-order chi connectivity index (χ0) is 23.3. The van der Waals surface area contributed by atoms with Crippen LogP contribution in [0.1, 0.15) is 53.4 Å². The molecule has 5 heteroatoms. The number of hydrogen-bond donors (Lipinski definition) is 1. The average molecular weight is 458 g/mol. The van der Waals surface area contributed by atoms with E-state index in [9.17, 15) is 4.79 Å². The molecule has 1 fully saturated rings. The number of hydrogen-bond acceptors (Lipinski definition) is 4. The van der Waals surface area contributed by atoms with Crippen LogP contribution in [-0.2, 0) is 11.2 Å². The van der Waals surface area contributed by atoms with Crippen molar-refractivity contribution < 1.29 is 19.0 Å². The molecule has 34 heavy (non-hydrogen) atoms. The number of alkyl carbamates (subject to hydrolysis) is 1. The minimum absolute atomic E-state index is 0.0432. The number of aryl methyl sites for hydroxylation is 1. The Morgan fingerprint density at radius 2 is 1.76 bits per heavy atom. The summed E-state index contributed by atoms with van der Waals surface area (Å²) >= 11 is 0. The van der Waals surface area contributed by atoms with E-state index in [1.165, 1.54) is 22.3 Å². The molecular weight excluding hydrogens is 426 g/mol. The van der Waals surface area contributed by atoms with E-state index in [0.29, 0.717) is 19.1 Å². The van der Waals surface area contributed by atoms with Crippen molar-refractivity contribution in [3.63, 3.8) is 0 Å². The summed E-state index contributed by atoms with van der Waals surface area (Å²) in [4.78, 5) is 11.1. The van der Waals surface area contributed by atoms with Gasteiger partial charge in [-0.05, 0) is 78.1 Å². The summed E-state index contributed by atoms with van der Waals surface area (Å²) in [6.07, 6.45) is 3.44. The number of carbonyl (C=O) groups excluding carboxylic acids is 1. The number of benzene rings is 3. The fraction of sp³-hybridized carbons (Fsp3) is 0.345. The molecule has 1 aliphatic carbocycles. The molecule has 1 amide bonds. The third-order valence-corrected chi connectivity index (χ3v) is 6.97. The first-order valence-electron chi connectivity index (χ1n) is 12.1. The molecule has 1 unspecified atom stereocenters. The van der Waals surface area contributed by atoms with Crippen LogP contribution in [0, 0.1) is 0 Å². The van der Waals surface area contributed by atoms with E-state index in [1.54, 1.807) is 7.11 Å². The van der Waals surface area contributed by atoms with Crippen LogP contribution in [0.2, 0.25) is 0 Å². The Hall–Kier alpha value is -3.47. The molecular formula is C29H31NO4. The standard InChI is InChI=1S/C29H31NO4/c1-32-24-14-16-27-22(18-24)11-15-26(20-6-3-2-4-7-20)28(27)21-9-12-23(13-10-21)33-17-5-8-25-19-30-29(31)34-25/h2-4,6-7,9-10,12-14,16,18,25-26,28H,5,8,11,15,17,19H2,1H3,(H,30,31)/t25?,26-,28+/m1/s1. The van der Waals surface area contributed by atoms with Crippen molar-refractivity contribution in [2.75, 3.05) is 20.3 Å². The Morgan fingerprint density at radius 1 is 0.971 bits per heavy atom. The predicted octanol–water partition coefficient (Wildman–Crippen LogP) is 5.82. The largest absolute Gasteiger partial charge is 0.497 e. The minimum Gasteiger partial charge on any atom is -0.497 e. The predicted molar refractivity (Wildman–Crippen MR) is 132 cm³/mol. The van der Waals surface area contributed by atoms with Crippen LogP contribution < -0.4 is 14.8 Å². The normalized spacial score (nSPS) is 21.3. The van der Waals surface area contributed by atoms with Gasteiger partial charge in [0.25, 0.3) is 0 Å². The number of carbonyl (C=O) groups is 1. The average Bonchev–Trinajstić information content (AvgIpc) is 3.31. The van der Waals surface area contributed by atoms with Gasteiger partial charge in [0.2, 0.25) is 0 Å². The van der Waals surface area contributed by atoms with E-state index in [2.05, 4.69) is 78.1 Å². The highest BCUT2D eigenvalue weighted by Crippen LogP contribution is 2.47. The molecule has 0 radical (unpaired) electrons. The van der Waals surface area contributed by atoms with Crippen LogP contribution in [0.4, 0.5) is 4.79 Å². The summed E-state index contributed by atoms with van der Waals surface area (Å²) in [5, 5.41) is 2.69. The molecule has 0 saturated carbocycles. The van der Waals surface area contributed by atoms with Crippen LogP contribution in [0.3, 0.4) is 0 Å². The van der Waals surface area contributed by atoms with E-state index in [1.807, 2.05) is 0 Å². The number of amides is 1. The second kappa shape index (κ2) is 10.2. The second-order valence-electron chi connectivity index (χ2n) is 9.07. The van der Waals surface area contributed by atoms with Gasteiger partial charge in [0.05, 0.1) is 20.3 Å².